The molecule has 0 saturated heterocycles. The summed E-state index contributed by atoms with van der Waals surface area (Å²) in [5.41, 5.74) is 4.27. The van der Waals surface area contributed by atoms with E-state index in [4.69, 9.17) is 0 Å². The summed E-state index contributed by atoms with van der Waals surface area (Å²) in [6.45, 7) is 7.80. The van der Waals surface area contributed by atoms with Crippen LogP contribution in [0.1, 0.15) is 37.4 Å². The monoisotopic (exact) mass is 244 g/mol. The Morgan fingerprint density at radius 3 is 2.72 bits per heavy atom. The summed E-state index contributed by atoms with van der Waals surface area (Å²) >= 11 is 0. The van der Waals surface area contributed by atoms with Crippen molar-refractivity contribution >= 4 is 10.9 Å². The maximum atomic E-state index is 3.22. The molecule has 0 bridgehead atoms. The number of nitrogens with zero attached hydrogens (tertiary/aromatic N) is 1. The Balaban J connectivity index is 2.44. The molecular formula is C16H24N2. The van der Waals surface area contributed by atoms with Crippen molar-refractivity contribution in [1.29, 1.82) is 0 Å². The summed E-state index contributed by atoms with van der Waals surface area (Å²) in [5.74, 6) is 0. The molecule has 2 nitrogen and oxygen atoms in total. The molecule has 0 atom stereocenters. The number of para-hydroxylation sites is 1. The van der Waals surface area contributed by atoms with Gasteiger partial charge in [-0.2, -0.15) is 0 Å². The lowest BCUT2D eigenvalue weighted by molar-refractivity contribution is 0.618. The standard InChI is InChI=1S/C16H24N2/c1-12(2)18-11-14(8-6-10-17-4)15-9-5-7-13(3)16(15)18/h5,7,9,11-12,17H,6,8,10H2,1-4H3. The first-order valence-electron chi connectivity index (χ1n) is 6.88. The molecule has 1 aromatic carbocycles. The molecule has 98 valence electrons. The fourth-order valence-electron chi connectivity index (χ4n) is 2.62. The van der Waals surface area contributed by atoms with Gasteiger partial charge in [0.05, 0.1) is 5.52 Å². The maximum Gasteiger partial charge on any atom is 0.0515 e. The van der Waals surface area contributed by atoms with Crippen LogP contribution in [-0.4, -0.2) is 18.2 Å². The van der Waals surface area contributed by atoms with Crippen molar-refractivity contribution in [3.63, 3.8) is 0 Å². The van der Waals surface area contributed by atoms with Gasteiger partial charge in [-0.3, -0.25) is 0 Å². The summed E-state index contributed by atoms with van der Waals surface area (Å²) < 4.78 is 2.42. The predicted octanol–water partition coefficient (Wildman–Crippen LogP) is 3.68. The van der Waals surface area contributed by atoms with Crippen molar-refractivity contribution in [1.82, 2.24) is 9.88 Å². The highest BCUT2D eigenvalue weighted by atomic mass is 15.0. The molecule has 2 rings (SSSR count). The second kappa shape index (κ2) is 5.57. The molecule has 18 heavy (non-hydrogen) atoms. The normalized spacial score (nSPS) is 11.6. The maximum absolute atomic E-state index is 3.22. The Labute approximate surface area is 110 Å². The van der Waals surface area contributed by atoms with Gasteiger partial charge in [-0.1, -0.05) is 18.2 Å². The highest BCUT2D eigenvalue weighted by Crippen LogP contribution is 2.28. The molecule has 0 aliphatic carbocycles. The summed E-state index contributed by atoms with van der Waals surface area (Å²) in [6.07, 6.45) is 4.69. The molecule has 1 N–H and O–H groups in total. The fraction of sp³-hybridized carbons (Fsp3) is 0.500. The molecule has 0 aliphatic rings. The van der Waals surface area contributed by atoms with Crippen molar-refractivity contribution in [3.8, 4) is 0 Å². The lowest BCUT2D eigenvalue weighted by Crippen LogP contribution is -2.08. The number of hydrogen-bond donors (Lipinski definition) is 1. The molecule has 2 heteroatoms. The van der Waals surface area contributed by atoms with E-state index in [1.165, 1.54) is 28.5 Å². The SMILES string of the molecule is CNCCCc1cn(C(C)C)c2c(C)cccc12. The zero-order valence-electron chi connectivity index (χ0n) is 12.0. The molecule has 0 aliphatic heterocycles. The molecular weight excluding hydrogens is 220 g/mol. The van der Waals surface area contributed by atoms with Gasteiger partial charge in [0.25, 0.3) is 0 Å². The first kappa shape index (κ1) is 13.2. The Bertz CT molecular complexity index is 523. The second-order valence-corrected chi connectivity index (χ2v) is 5.33. The fourth-order valence-corrected chi connectivity index (χ4v) is 2.62. The summed E-state index contributed by atoms with van der Waals surface area (Å²) in [5, 5.41) is 4.65. The minimum atomic E-state index is 0.520. The van der Waals surface area contributed by atoms with Crippen LogP contribution in [-0.2, 0) is 6.42 Å². The third kappa shape index (κ3) is 2.44. The predicted molar refractivity (Wildman–Crippen MR) is 79.3 cm³/mol. The number of fused-ring (bicyclic) bond motifs is 1. The molecule has 0 unspecified atom stereocenters. The number of hydrogen-bond acceptors (Lipinski definition) is 1. The smallest absolute Gasteiger partial charge is 0.0515 e. The number of aryl methyl sites for hydroxylation is 2. The highest BCUT2D eigenvalue weighted by molar-refractivity contribution is 5.86. The van der Waals surface area contributed by atoms with Gasteiger partial charge in [-0.25, -0.2) is 0 Å². The minimum absolute atomic E-state index is 0.520. The summed E-state index contributed by atoms with van der Waals surface area (Å²) in [6, 6.07) is 7.16. The molecule has 2 aromatic rings. The molecule has 0 saturated carbocycles. The van der Waals surface area contributed by atoms with E-state index in [1.54, 1.807) is 0 Å². The van der Waals surface area contributed by atoms with Crippen molar-refractivity contribution in [3.05, 3.63) is 35.5 Å². The van der Waals surface area contributed by atoms with E-state index in [0.29, 0.717) is 6.04 Å². The van der Waals surface area contributed by atoms with Gasteiger partial charge in [0.2, 0.25) is 0 Å². The number of rotatable bonds is 5. The number of benzene rings is 1. The molecule has 0 fully saturated rings. The second-order valence-electron chi connectivity index (χ2n) is 5.33. The van der Waals surface area contributed by atoms with Crippen LogP contribution in [0.4, 0.5) is 0 Å². The highest BCUT2D eigenvalue weighted by Gasteiger charge is 2.11. The summed E-state index contributed by atoms with van der Waals surface area (Å²) in [7, 11) is 2.02. The lowest BCUT2D eigenvalue weighted by atomic mass is 10.1. The minimum Gasteiger partial charge on any atom is -0.344 e. The quantitative estimate of drug-likeness (QED) is 0.794. The van der Waals surface area contributed by atoms with Crippen LogP contribution in [0.2, 0.25) is 0 Å². The van der Waals surface area contributed by atoms with E-state index in [9.17, 15) is 0 Å². The largest absolute Gasteiger partial charge is 0.344 e. The molecule has 1 aromatic heterocycles. The lowest BCUT2D eigenvalue weighted by Gasteiger charge is -2.10. The van der Waals surface area contributed by atoms with Crippen LogP contribution >= 0.6 is 0 Å². The van der Waals surface area contributed by atoms with Gasteiger partial charge in [-0.15, -0.1) is 0 Å². The number of nitrogens with one attached hydrogen (secondary N) is 1. The average molecular weight is 244 g/mol. The third-order valence-electron chi connectivity index (χ3n) is 3.57. The zero-order valence-corrected chi connectivity index (χ0v) is 12.0. The summed E-state index contributed by atoms with van der Waals surface area (Å²) in [4.78, 5) is 0. The van der Waals surface area contributed by atoms with Crippen molar-refractivity contribution in [2.45, 2.75) is 39.7 Å². The molecule has 0 spiro atoms. The van der Waals surface area contributed by atoms with Crippen molar-refractivity contribution in [2.24, 2.45) is 0 Å². The topological polar surface area (TPSA) is 17.0 Å². The number of aromatic nitrogens is 1. The third-order valence-corrected chi connectivity index (χ3v) is 3.57. The average Bonchev–Trinajstić information content (AvgIpc) is 2.70. The Morgan fingerprint density at radius 1 is 1.28 bits per heavy atom. The van der Waals surface area contributed by atoms with E-state index < -0.39 is 0 Å². The molecule has 0 amide bonds. The van der Waals surface area contributed by atoms with Gasteiger partial charge >= 0.3 is 0 Å². The molecule has 0 radical (unpaired) electrons. The van der Waals surface area contributed by atoms with Gasteiger partial charge in [-0.05, 0) is 58.3 Å². The first-order chi connectivity index (χ1) is 8.65. The van der Waals surface area contributed by atoms with Gasteiger partial charge in [0.1, 0.15) is 0 Å². The van der Waals surface area contributed by atoms with E-state index >= 15 is 0 Å². The van der Waals surface area contributed by atoms with Gasteiger partial charge in [0, 0.05) is 17.6 Å². The van der Waals surface area contributed by atoms with Crippen LogP contribution in [0.3, 0.4) is 0 Å². The van der Waals surface area contributed by atoms with Crippen LogP contribution < -0.4 is 5.32 Å². The van der Waals surface area contributed by atoms with Crippen LogP contribution in [0.15, 0.2) is 24.4 Å². The molecule has 1 heterocycles. The van der Waals surface area contributed by atoms with Crippen molar-refractivity contribution in [2.75, 3.05) is 13.6 Å². The van der Waals surface area contributed by atoms with Crippen LogP contribution in [0, 0.1) is 6.92 Å². The van der Waals surface area contributed by atoms with E-state index in [1.807, 2.05) is 7.05 Å². The van der Waals surface area contributed by atoms with Crippen LogP contribution in [0.5, 0.6) is 0 Å². The Kier molecular flexibility index (Phi) is 4.07. The Hall–Kier alpha value is -1.28. The van der Waals surface area contributed by atoms with E-state index in [0.717, 1.165) is 13.0 Å². The van der Waals surface area contributed by atoms with Gasteiger partial charge in [0.15, 0.2) is 0 Å². The van der Waals surface area contributed by atoms with E-state index in [2.05, 4.69) is 55.1 Å². The Morgan fingerprint density at radius 2 is 2.06 bits per heavy atom. The first-order valence-corrected chi connectivity index (χ1v) is 6.88. The van der Waals surface area contributed by atoms with Crippen LogP contribution in [0.25, 0.3) is 10.9 Å². The zero-order chi connectivity index (χ0) is 13.1. The van der Waals surface area contributed by atoms with Crippen molar-refractivity contribution < 1.29 is 0 Å². The van der Waals surface area contributed by atoms with Gasteiger partial charge < -0.3 is 9.88 Å². The van der Waals surface area contributed by atoms with E-state index in [-0.39, 0.29) is 0 Å².